The molecule has 3 amide bonds. The van der Waals surface area contributed by atoms with Gasteiger partial charge in [0.15, 0.2) is 0 Å². The molecule has 10 heteroatoms. The third kappa shape index (κ3) is 5.98. The summed E-state index contributed by atoms with van der Waals surface area (Å²) in [5, 5.41) is 8.86. The summed E-state index contributed by atoms with van der Waals surface area (Å²) in [4.78, 5) is 41.3. The highest BCUT2D eigenvalue weighted by molar-refractivity contribution is 6.39. The van der Waals surface area contributed by atoms with Crippen molar-refractivity contribution in [2.24, 2.45) is 5.10 Å². The minimum atomic E-state index is -0.353. The van der Waals surface area contributed by atoms with E-state index < -0.39 is 0 Å². The predicted octanol–water partition coefficient (Wildman–Crippen LogP) is 2.74. The summed E-state index contributed by atoms with van der Waals surface area (Å²) >= 11 is 6.09. The third-order valence-electron chi connectivity index (χ3n) is 5.77. The molecule has 0 aliphatic carbocycles. The van der Waals surface area contributed by atoms with E-state index in [0.29, 0.717) is 42.6 Å². The topological polar surface area (TPSA) is 85.3 Å². The first-order valence-electron chi connectivity index (χ1n) is 11.1. The molecular formula is C24H25ClFN5O3. The van der Waals surface area contributed by atoms with Crippen LogP contribution in [0.1, 0.15) is 18.4 Å². The van der Waals surface area contributed by atoms with E-state index >= 15 is 0 Å². The Balaban J connectivity index is 1.30. The highest BCUT2D eigenvalue weighted by atomic mass is 35.5. The first-order valence-corrected chi connectivity index (χ1v) is 11.4. The van der Waals surface area contributed by atoms with Crippen molar-refractivity contribution in [1.82, 2.24) is 14.8 Å². The molecule has 2 aliphatic rings. The second kappa shape index (κ2) is 10.8. The predicted molar refractivity (Wildman–Crippen MR) is 127 cm³/mol. The normalized spacial score (nSPS) is 16.9. The number of piperazine rings is 1. The van der Waals surface area contributed by atoms with Crippen LogP contribution in [0.5, 0.6) is 0 Å². The van der Waals surface area contributed by atoms with Crippen LogP contribution >= 0.6 is 11.6 Å². The zero-order valence-corrected chi connectivity index (χ0v) is 19.3. The van der Waals surface area contributed by atoms with Crippen LogP contribution in [0.15, 0.2) is 53.6 Å². The molecule has 34 heavy (non-hydrogen) atoms. The first kappa shape index (κ1) is 23.8. The molecular weight excluding hydrogens is 461 g/mol. The van der Waals surface area contributed by atoms with Gasteiger partial charge in [-0.1, -0.05) is 35.9 Å². The number of carbonyl (C=O) groups is 3. The molecule has 8 nitrogen and oxygen atoms in total. The van der Waals surface area contributed by atoms with Crippen molar-refractivity contribution in [3.8, 4) is 0 Å². The van der Waals surface area contributed by atoms with Gasteiger partial charge in [0.1, 0.15) is 11.5 Å². The summed E-state index contributed by atoms with van der Waals surface area (Å²) in [7, 11) is 0. The van der Waals surface area contributed by atoms with Gasteiger partial charge in [-0.25, -0.2) is 9.40 Å². The Kier molecular flexibility index (Phi) is 7.54. The van der Waals surface area contributed by atoms with E-state index in [9.17, 15) is 18.8 Å². The number of hydrazone groups is 1. The second-order valence-electron chi connectivity index (χ2n) is 8.22. The van der Waals surface area contributed by atoms with Gasteiger partial charge in [0.25, 0.3) is 5.91 Å². The lowest BCUT2D eigenvalue weighted by Gasteiger charge is -2.35. The molecule has 4 rings (SSSR count). The van der Waals surface area contributed by atoms with Gasteiger partial charge in [-0.05, 0) is 29.8 Å². The molecule has 0 atom stereocenters. The van der Waals surface area contributed by atoms with Gasteiger partial charge in [0.05, 0.1) is 23.8 Å². The standard InChI is InChI=1S/C24H25ClFN5O3/c25-19-3-1-2-4-20(19)27-22(32)16-29-11-13-30(14-12-29)24(34)21-9-10-23(33)31(28-21)15-17-5-7-18(26)8-6-17/h1-8H,9-16H2,(H,27,32). The smallest absolute Gasteiger partial charge is 0.270 e. The van der Waals surface area contributed by atoms with E-state index in [0.717, 1.165) is 5.56 Å². The molecule has 0 bridgehead atoms. The maximum atomic E-state index is 13.1. The van der Waals surface area contributed by atoms with Crippen molar-refractivity contribution in [3.63, 3.8) is 0 Å². The highest BCUT2D eigenvalue weighted by Gasteiger charge is 2.30. The van der Waals surface area contributed by atoms with Gasteiger partial charge < -0.3 is 10.2 Å². The van der Waals surface area contributed by atoms with Crippen LogP contribution in [-0.2, 0) is 20.9 Å². The van der Waals surface area contributed by atoms with Gasteiger partial charge in [0.2, 0.25) is 11.8 Å². The van der Waals surface area contributed by atoms with E-state index in [2.05, 4.69) is 10.4 Å². The van der Waals surface area contributed by atoms with Crippen molar-refractivity contribution in [2.75, 3.05) is 38.0 Å². The molecule has 0 saturated carbocycles. The molecule has 0 spiro atoms. The summed E-state index contributed by atoms with van der Waals surface area (Å²) < 4.78 is 13.1. The summed E-state index contributed by atoms with van der Waals surface area (Å²) in [5.41, 5.74) is 1.64. The summed E-state index contributed by atoms with van der Waals surface area (Å²) in [6.45, 7) is 2.41. The van der Waals surface area contributed by atoms with Crippen LogP contribution in [0.4, 0.5) is 10.1 Å². The van der Waals surface area contributed by atoms with Gasteiger partial charge in [-0.2, -0.15) is 5.10 Å². The van der Waals surface area contributed by atoms with E-state index in [1.54, 1.807) is 41.3 Å². The largest absolute Gasteiger partial charge is 0.335 e. The summed E-state index contributed by atoms with van der Waals surface area (Å²) in [5.74, 6) is -0.889. The number of hydrogen-bond donors (Lipinski definition) is 1. The van der Waals surface area contributed by atoms with Crippen molar-refractivity contribution in [1.29, 1.82) is 0 Å². The number of amides is 3. The van der Waals surface area contributed by atoms with Gasteiger partial charge in [-0.3, -0.25) is 19.3 Å². The molecule has 0 radical (unpaired) electrons. The van der Waals surface area contributed by atoms with E-state index in [1.807, 2.05) is 4.90 Å². The minimum Gasteiger partial charge on any atom is -0.335 e. The fourth-order valence-corrected chi connectivity index (χ4v) is 4.07. The van der Waals surface area contributed by atoms with Crippen molar-refractivity contribution < 1.29 is 18.8 Å². The second-order valence-corrected chi connectivity index (χ2v) is 8.63. The van der Waals surface area contributed by atoms with E-state index in [4.69, 9.17) is 11.6 Å². The van der Waals surface area contributed by atoms with Crippen molar-refractivity contribution in [2.45, 2.75) is 19.4 Å². The molecule has 2 aromatic rings. The maximum absolute atomic E-state index is 13.1. The molecule has 2 heterocycles. The Morgan fingerprint density at radius 2 is 1.71 bits per heavy atom. The number of rotatable bonds is 6. The van der Waals surface area contributed by atoms with Crippen LogP contribution < -0.4 is 5.32 Å². The molecule has 1 fully saturated rings. The van der Waals surface area contributed by atoms with Crippen LogP contribution in [0.3, 0.4) is 0 Å². The fraction of sp³-hybridized carbons (Fsp3) is 0.333. The Morgan fingerprint density at radius 3 is 2.41 bits per heavy atom. The monoisotopic (exact) mass is 485 g/mol. The Labute approximate surface area is 202 Å². The summed E-state index contributed by atoms with van der Waals surface area (Å²) in [6, 6.07) is 12.9. The van der Waals surface area contributed by atoms with Crippen molar-refractivity contribution >= 4 is 40.7 Å². The lowest BCUT2D eigenvalue weighted by molar-refractivity contribution is -0.132. The Bertz CT molecular complexity index is 1100. The van der Waals surface area contributed by atoms with E-state index in [1.165, 1.54) is 17.1 Å². The lowest BCUT2D eigenvalue weighted by Crippen LogP contribution is -2.52. The van der Waals surface area contributed by atoms with E-state index in [-0.39, 0.29) is 49.5 Å². The number of halogens is 2. The number of para-hydroxylation sites is 1. The highest BCUT2D eigenvalue weighted by Crippen LogP contribution is 2.20. The van der Waals surface area contributed by atoms with Crippen LogP contribution in [-0.4, -0.2) is 71.0 Å². The fourth-order valence-electron chi connectivity index (χ4n) is 3.89. The quantitative estimate of drug-likeness (QED) is 0.681. The Morgan fingerprint density at radius 1 is 1.00 bits per heavy atom. The molecule has 1 N–H and O–H groups in total. The molecule has 0 aromatic heterocycles. The van der Waals surface area contributed by atoms with Crippen LogP contribution in [0, 0.1) is 5.82 Å². The SMILES string of the molecule is O=C(CN1CCN(C(=O)C2=NN(Cc3ccc(F)cc3)C(=O)CC2)CC1)Nc1ccccc1Cl. The number of nitrogens with zero attached hydrogens (tertiary/aromatic N) is 4. The van der Waals surface area contributed by atoms with Crippen molar-refractivity contribution in [3.05, 3.63) is 64.9 Å². The number of hydrogen-bond acceptors (Lipinski definition) is 5. The van der Waals surface area contributed by atoms with Crippen LogP contribution in [0.25, 0.3) is 0 Å². The average molecular weight is 486 g/mol. The average Bonchev–Trinajstić information content (AvgIpc) is 2.83. The zero-order valence-electron chi connectivity index (χ0n) is 18.5. The molecule has 178 valence electrons. The molecule has 2 aliphatic heterocycles. The van der Waals surface area contributed by atoms with Gasteiger partial charge in [0, 0.05) is 39.0 Å². The molecule has 1 saturated heterocycles. The maximum Gasteiger partial charge on any atom is 0.270 e. The Hall–Kier alpha value is -3.30. The van der Waals surface area contributed by atoms with Gasteiger partial charge in [-0.15, -0.1) is 0 Å². The first-order chi connectivity index (χ1) is 16.4. The molecule has 2 aromatic carbocycles. The summed E-state index contributed by atoms with van der Waals surface area (Å²) in [6.07, 6.45) is 0.492. The lowest BCUT2D eigenvalue weighted by atomic mass is 10.1. The zero-order chi connectivity index (χ0) is 24.1. The van der Waals surface area contributed by atoms with Gasteiger partial charge >= 0.3 is 0 Å². The van der Waals surface area contributed by atoms with Crippen LogP contribution in [0.2, 0.25) is 5.02 Å². The number of nitrogens with one attached hydrogen (secondary N) is 1. The third-order valence-corrected chi connectivity index (χ3v) is 6.10. The number of carbonyl (C=O) groups excluding carboxylic acids is 3. The molecule has 0 unspecified atom stereocenters. The number of anilines is 1. The number of benzene rings is 2. The minimum absolute atomic E-state index is 0.167.